The van der Waals surface area contributed by atoms with Crippen molar-refractivity contribution in [3.05, 3.63) is 11.1 Å². The van der Waals surface area contributed by atoms with Gasteiger partial charge >= 0.3 is 0 Å². The Kier molecular flexibility index (Phi) is 3.73. The third-order valence-electron chi connectivity index (χ3n) is 2.91. The molecule has 0 N–H and O–H groups in total. The Morgan fingerprint density at radius 3 is 2.25 bits per heavy atom. The molecule has 16 heavy (non-hydrogen) atoms. The number of hydrogen-bond donors (Lipinski definition) is 0. The van der Waals surface area contributed by atoms with Gasteiger partial charge in [0.2, 0.25) is 0 Å². The smallest absolute Gasteiger partial charge is 0.129 e. The van der Waals surface area contributed by atoms with Crippen LogP contribution in [0.25, 0.3) is 0 Å². The predicted molar refractivity (Wildman–Crippen MR) is 61.3 cm³/mol. The Bertz CT molecular complexity index is 360. The molecule has 1 saturated heterocycles. The largest absolute Gasteiger partial charge is 0.374 e. The minimum atomic E-state index is 0.0377. The van der Waals surface area contributed by atoms with Gasteiger partial charge in [-0.1, -0.05) is 20.8 Å². The SMILES string of the molecule is CC1CC(=C(C#N)C#N)CC(C(C)(C)C)O1. The van der Waals surface area contributed by atoms with Crippen LogP contribution in [0.5, 0.6) is 0 Å². The van der Waals surface area contributed by atoms with Crippen LogP contribution in [0.4, 0.5) is 0 Å². The van der Waals surface area contributed by atoms with Crippen molar-refractivity contribution < 1.29 is 4.74 Å². The van der Waals surface area contributed by atoms with Crippen LogP contribution in [-0.2, 0) is 4.74 Å². The quantitative estimate of drug-likeness (QED) is 0.587. The van der Waals surface area contributed by atoms with E-state index in [1.54, 1.807) is 0 Å². The van der Waals surface area contributed by atoms with E-state index in [9.17, 15) is 0 Å². The van der Waals surface area contributed by atoms with Crippen LogP contribution in [0, 0.1) is 28.1 Å². The van der Waals surface area contributed by atoms with Crippen molar-refractivity contribution in [3.63, 3.8) is 0 Å². The van der Waals surface area contributed by atoms with E-state index < -0.39 is 0 Å². The summed E-state index contributed by atoms with van der Waals surface area (Å²) in [6.45, 7) is 8.34. The Hall–Kier alpha value is -1.32. The second-order valence-corrected chi connectivity index (χ2v) is 5.41. The molecule has 0 aromatic rings. The van der Waals surface area contributed by atoms with Crippen molar-refractivity contribution in [1.82, 2.24) is 0 Å². The van der Waals surface area contributed by atoms with Gasteiger partial charge < -0.3 is 4.74 Å². The minimum absolute atomic E-state index is 0.0377. The molecule has 1 aliphatic rings. The maximum absolute atomic E-state index is 8.88. The zero-order valence-corrected chi connectivity index (χ0v) is 10.4. The summed E-state index contributed by atoms with van der Waals surface area (Å²) in [5.41, 5.74) is 1.25. The predicted octanol–water partition coefficient (Wildman–Crippen LogP) is 2.94. The molecule has 2 atom stereocenters. The van der Waals surface area contributed by atoms with Crippen molar-refractivity contribution in [3.8, 4) is 12.1 Å². The summed E-state index contributed by atoms with van der Waals surface area (Å²) in [6, 6.07) is 3.95. The molecule has 1 rings (SSSR count). The molecule has 1 aliphatic heterocycles. The maximum Gasteiger partial charge on any atom is 0.129 e. The zero-order chi connectivity index (χ0) is 12.3. The van der Waals surface area contributed by atoms with Crippen LogP contribution in [0.15, 0.2) is 11.1 Å². The first kappa shape index (κ1) is 12.7. The van der Waals surface area contributed by atoms with E-state index in [0.717, 1.165) is 5.57 Å². The highest BCUT2D eigenvalue weighted by Gasteiger charge is 2.33. The molecule has 0 saturated carbocycles. The highest BCUT2D eigenvalue weighted by Crippen LogP contribution is 2.35. The second kappa shape index (κ2) is 4.68. The normalized spacial score (nSPS) is 25.8. The fraction of sp³-hybridized carbons (Fsp3) is 0.692. The van der Waals surface area contributed by atoms with Crippen molar-refractivity contribution in [1.29, 1.82) is 10.5 Å². The van der Waals surface area contributed by atoms with Gasteiger partial charge in [0.15, 0.2) is 0 Å². The molecule has 0 aliphatic carbocycles. The average Bonchev–Trinajstić information content (AvgIpc) is 2.17. The van der Waals surface area contributed by atoms with Crippen molar-refractivity contribution in [2.24, 2.45) is 5.41 Å². The van der Waals surface area contributed by atoms with Crippen LogP contribution in [0.3, 0.4) is 0 Å². The van der Waals surface area contributed by atoms with Gasteiger partial charge in [0.1, 0.15) is 17.7 Å². The number of nitriles is 2. The second-order valence-electron chi connectivity index (χ2n) is 5.41. The molecule has 0 spiro atoms. The molecule has 0 aromatic carbocycles. The standard InChI is InChI=1S/C13H18N2O/c1-9-5-10(11(7-14)8-15)6-12(16-9)13(2,3)4/h9,12H,5-6H2,1-4H3. The van der Waals surface area contributed by atoms with Gasteiger partial charge in [-0.15, -0.1) is 0 Å². The maximum atomic E-state index is 8.88. The van der Waals surface area contributed by atoms with Crippen LogP contribution < -0.4 is 0 Å². The third kappa shape index (κ3) is 2.84. The average molecular weight is 218 g/mol. The Labute approximate surface area is 97.3 Å². The molecular weight excluding hydrogens is 200 g/mol. The van der Waals surface area contributed by atoms with E-state index in [2.05, 4.69) is 20.8 Å². The lowest BCUT2D eigenvalue weighted by atomic mass is 9.81. The molecule has 0 bridgehead atoms. The van der Waals surface area contributed by atoms with Crippen LogP contribution in [-0.4, -0.2) is 12.2 Å². The fourth-order valence-electron chi connectivity index (χ4n) is 1.93. The van der Waals surface area contributed by atoms with Crippen molar-refractivity contribution in [2.45, 2.75) is 52.7 Å². The summed E-state index contributed by atoms with van der Waals surface area (Å²) in [5, 5.41) is 17.8. The molecule has 3 nitrogen and oxygen atoms in total. The summed E-state index contributed by atoms with van der Waals surface area (Å²) in [5.74, 6) is 0. The van der Waals surface area contributed by atoms with E-state index >= 15 is 0 Å². The molecular formula is C13H18N2O. The molecule has 3 heteroatoms. The number of rotatable bonds is 0. The summed E-state index contributed by atoms with van der Waals surface area (Å²) < 4.78 is 5.87. The van der Waals surface area contributed by atoms with Crippen LogP contribution >= 0.6 is 0 Å². The first-order valence-corrected chi connectivity index (χ1v) is 5.56. The summed E-state index contributed by atoms with van der Waals surface area (Å²) in [6.07, 6.45) is 1.57. The zero-order valence-electron chi connectivity index (χ0n) is 10.4. The molecule has 2 unspecified atom stereocenters. The van der Waals surface area contributed by atoms with E-state index in [0.29, 0.717) is 12.8 Å². The molecule has 0 radical (unpaired) electrons. The van der Waals surface area contributed by atoms with Gasteiger partial charge in [0, 0.05) is 0 Å². The minimum Gasteiger partial charge on any atom is -0.374 e. The number of allylic oxidation sites excluding steroid dienone is 1. The van der Waals surface area contributed by atoms with Gasteiger partial charge in [0.25, 0.3) is 0 Å². The van der Waals surface area contributed by atoms with Gasteiger partial charge in [0.05, 0.1) is 12.2 Å². The van der Waals surface area contributed by atoms with E-state index in [1.165, 1.54) is 0 Å². The van der Waals surface area contributed by atoms with E-state index in [1.807, 2.05) is 19.1 Å². The topological polar surface area (TPSA) is 56.8 Å². The summed E-state index contributed by atoms with van der Waals surface area (Å²) in [4.78, 5) is 0. The lowest BCUT2D eigenvalue weighted by Gasteiger charge is -2.38. The highest BCUT2D eigenvalue weighted by molar-refractivity contribution is 5.41. The van der Waals surface area contributed by atoms with E-state index in [4.69, 9.17) is 15.3 Å². The number of hydrogen-bond acceptors (Lipinski definition) is 3. The van der Waals surface area contributed by atoms with Gasteiger partial charge in [-0.25, -0.2) is 0 Å². The Morgan fingerprint density at radius 1 is 1.25 bits per heavy atom. The van der Waals surface area contributed by atoms with Gasteiger partial charge in [-0.05, 0) is 30.8 Å². The van der Waals surface area contributed by atoms with Gasteiger partial charge in [-0.3, -0.25) is 0 Å². The number of nitrogens with zero attached hydrogens (tertiary/aromatic N) is 2. The van der Waals surface area contributed by atoms with Crippen molar-refractivity contribution >= 4 is 0 Å². The summed E-state index contributed by atoms with van der Waals surface area (Å²) in [7, 11) is 0. The first-order valence-electron chi connectivity index (χ1n) is 5.56. The van der Waals surface area contributed by atoms with Crippen molar-refractivity contribution in [2.75, 3.05) is 0 Å². The van der Waals surface area contributed by atoms with Crippen LogP contribution in [0.2, 0.25) is 0 Å². The van der Waals surface area contributed by atoms with Crippen LogP contribution in [0.1, 0.15) is 40.5 Å². The fourth-order valence-corrected chi connectivity index (χ4v) is 1.93. The first-order chi connectivity index (χ1) is 7.38. The lowest BCUT2D eigenvalue weighted by molar-refractivity contribution is -0.0747. The molecule has 0 aromatic heterocycles. The third-order valence-corrected chi connectivity index (χ3v) is 2.91. The summed E-state index contributed by atoms with van der Waals surface area (Å²) >= 11 is 0. The number of ether oxygens (including phenoxy) is 1. The van der Waals surface area contributed by atoms with Gasteiger partial charge in [-0.2, -0.15) is 10.5 Å². The highest BCUT2D eigenvalue weighted by atomic mass is 16.5. The van der Waals surface area contributed by atoms with E-state index in [-0.39, 0.29) is 23.2 Å². The molecule has 1 heterocycles. The lowest BCUT2D eigenvalue weighted by Crippen LogP contribution is -2.37. The molecule has 1 fully saturated rings. The molecule has 0 amide bonds. The Balaban J connectivity index is 2.98. The Morgan fingerprint density at radius 2 is 1.81 bits per heavy atom. The molecule has 86 valence electrons. The monoisotopic (exact) mass is 218 g/mol.